The summed E-state index contributed by atoms with van der Waals surface area (Å²) in [6.45, 7) is 0. The number of aromatic amines is 1. The van der Waals surface area contributed by atoms with Crippen LogP contribution in [0.5, 0.6) is 0 Å². The minimum atomic E-state index is -0.769. The molecule has 4 heteroatoms. The Balaban J connectivity index is 1.84. The van der Waals surface area contributed by atoms with E-state index < -0.39 is 6.10 Å². The van der Waals surface area contributed by atoms with Gasteiger partial charge in [0.15, 0.2) is 0 Å². The predicted molar refractivity (Wildman–Crippen MR) is 74.3 cm³/mol. The Morgan fingerprint density at radius 2 is 1.95 bits per heavy atom. The summed E-state index contributed by atoms with van der Waals surface area (Å²) >= 11 is 0. The van der Waals surface area contributed by atoms with Gasteiger partial charge in [0, 0.05) is 6.20 Å². The number of para-hydroxylation sites is 2. The fourth-order valence-corrected chi connectivity index (χ4v) is 1.87. The van der Waals surface area contributed by atoms with Gasteiger partial charge in [-0.25, -0.2) is 4.98 Å². The smallest absolute Gasteiger partial charge is 0.140 e. The maximum Gasteiger partial charge on any atom is 0.140 e. The molecule has 0 saturated carbocycles. The molecule has 0 aliphatic rings. The number of hydrogen-bond donors (Lipinski definition) is 2. The van der Waals surface area contributed by atoms with E-state index in [1.807, 2.05) is 42.5 Å². The number of rotatable bonds is 3. The van der Waals surface area contributed by atoms with E-state index in [9.17, 15) is 5.11 Å². The fourth-order valence-electron chi connectivity index (χ4n) is 1.87. The molecular weight excluding hydrogens is 238 g/mol. The molecule has 0 radical (unpaired) electrons. The molecule has 4 nitrogen and oxygen atoms in total. The van der Waals surface area contributed by atoms with E-state index in [0.29, 0.717) is 5.82 Å². The second-order valence-electron chi connectivity index (χ2n) is 4.20. The summed E-state index contributed by atoms with van der Waals surface area (Å²) in [5.41, 5.74) is 2.57. The lowest BCUT2D eigenvalue weighted by molar-refractivity contribution is 0.220. The molecule has 0 fully saturated rings. The van der Waals surface area contributed by atoms with Crippen LogP contribution in [-0.2, 0) is 0 Å². The SMILES string of the molecule is OC(/C=C/c1ccccn1)c1nc2ccccc2[nH]1. The van der Waals surface area contributed by atoms with Crippen LogP contribution in [0.3, 0.4) is 0 Å². The summed E-state index contributed by atoms with van der Waals surface area (Å²) in [7, 11) is 0. The number of nitrogens with one attached hydrogen (secondary N) is 1. The monoisotopic (exact) mass is 251 g/mol. The molecule has 3 rings (SSSR count). The first-order chi connectivity index (χ1) is 9.33. The number of pyridine rings is 1. The lowest BCUT2D eigenvalue weighted by Crippen LogP contribution is -1.95. The highest BCUT2D eigenvalue weighted by Crippen LogP contribution is 2.17. The van der Waals surface area contributed by atoms with Crippen LogP contribution in [0.15, 0.2) is 54.7 Å². The van der Waals surface area contributed by atoms with Crippen LogP contribution >= 0.6 is 0 Å². The first-order valence-electron chi connectivity index (χ1n) is 6.05. The molecule has 0 aliphatic carbocycles. The van der Waals surface area contributed by atoms with E-state index in [2.05, 4.69) is 15.0 Å². The van der Waals surface area contributed by atoms with Gasteiger partial charge in [-0.3, -0.25) is 4.98 Å². The average Bonchev–Trinajstić information content (AvgIpc) is 2.90. The van der Waals surface area contributed by atoms with Crippen molar-refractivity contribution in [2.45, 2.75) is 6.10 Å². The van der Waals surface area contributed by atoms with E-state index in [1.165, 1.54) is 0 Å². The van der Waals surface area contributed by atoms with Gasteiger partial charge in [0.2, 0.25) is 0 Å². The summed E-state index contributed by atoms with van der Waals surface area (Å²) in [4.78, 5) is 11.6. The molecule has 2 heterocycles. The van der Waals surface area contributed by atoms with Crippen LogP contribution in [-0.4, -0.2) is 20.1 Å². The maximum absolute atomic E-state index is 10.1. The highest BCUT2D eigenvalue weighted by molar-refractivity contribution is 5.74. The number of imidazole rings is 1. The van der Waals surface area contributed by atoms with Crippen molar-refractivity contribution in [2.24, 2.45) is 0 Å². The number of aromatic nitrogens is 3. The quantitative estimate of drug-likeness (QED) is 0.752. The van der Waals surface area contributed by atoms with E-state index in [4.69, 9.17) is 0 Å². The van der Waals surface area contributed by atoms with Crippen molar-refractivity contribution in [1.82, 2.24) is 15.0 Å². The zero-order valence-corrected chi connectivity index (χ0v) is 10.2. The van der Waals surface area contributed by atoms with Gasteiger partial charge in [-0.05, 0) is 36.4 Å². The van der Waals surface area contributed by atoms with Gasteiger partial charge in [-0.15, -0.1) is 0 Å². The van der Waals surface area contributed by atoms with Crippen LogP contribution in [0.2, 0.25) is 0 Å². The summed E-state index contributed by atoms with van der Waals surface area (Å²) in [6, 6.07) is 13.3. The standard InChI is InChI=1S/C15H13N3O/c19-14(9-8-11-5-3-4-10-16-11)15-17-12-6-1-2-7-13(12)18-15/h1-10,14,19H,(H,17,18)/b9-8+. The third-order valence-corrected chi connectivity index (χ3v) is 2.82. The number of fused-ring (bicyclic) bond motifs is 1. The van der Waals surface area contributed by atoms with Gasteiger partial charge in [-0.2, -0.15) is 0 Å². The molecule has 0 bridgehead atoms. The molecule has 0 spiro atoms. The third-order valence-electron chi connectivity index (χ3n) is 2.82. The summed E-state index contributed by atoms with van der Waals surface area (Å²) in [5.74, 6) is 0.536. The zero-order chi connectivity index (χ0) is 13.1. The molecule has 0 aliphatic heterocycles. The normalized spacial score (nSPS) is 13.1. The Kier molecular flexibility index (Phi) is 3.08. The largest absolute Gasteiger partial charge is 0.381 e. The third kappa shape index (κ3) is 2.53. The Morgan fingerprint density at radius 1 is 1.11 bits per heavy atom. The number of aliphatic hydroxyl groups excluding tert-OH is 1. The van der Waals surface area contributed by atoms with Crippen molar-refractivity contribution in [2.75, 3.05) is 0 Å². The van der Waals surface area contributed by atoms with Crippen LogP contribution in [0, 0.1) is 0 Å². The van der Waals surface area contributed by atoms with Crippen molar-refractivity contribution in [3.05, 3.63) is 66.3 Å². The number of H-pyrrole nitrogens is 1. The molecular formula is C15H13N3O. The van der Waals surface area contributed by atoms with E-state index >= 15 is 0 Å². The van der Waals surface area contributed by atoms with Crippen LogP contribution in [0.1, 0.15) is 17.6 Å². The average molecular weight is 251 g/mol. The van der Waals surface area contributed by atoms with Crippen molar-refractivity contribution >= 4 is 17.1 Å². The molecule has 0 saturated heterocycles. The molecule has 1 unspecified atom stereocenters. The minimum Gasteiger partial charge on any atom is -0.381 e. The summed E-state index contributed by atoms with van der Waals surface area (Å²) in [6.07, 6.45) is 4.39. The van der Waals surface area contributed by atoms with E-state index in [-0.39, 0.29) is 0 Å². The second-order valence-corrected chi connectivity index (χ2v) is 4.20. The van der Waals surface area contributed by atoms with Gasteiger partial charge in [0.1, 0.15) is 11.9 Å². The molecule has 19 heavy (non-hydrogen) atoms. The Morgan fingerprint density at radius 3 is 2.74 bits per heavy atom. The van der Waals surface area contributed by atoms with Crippen molar-refractivity contribution in [3.8, 4) is 0 Å². The minimum absolute atomic E-state index is 0.536. The number of benzene rings is 1. The van der Waals surface area contributed by atoms with Crippen molar-refractivity contribution in [1.29, 1.82) is 0 Å². The molecule has 94 valence electrons. The number of aliphatic hydroxyl groups is 1. The predicted octanol–water partition coefficient (Wildman–Crippen LogP) is 2.70. The Hall–Kier alpha value is -2.46. The molecule has 2 N–H and O–H groups in total. The molecule has 1 atom stereocenters. The zero-order valence-electron chi connectivity index (χ0n) is 10.2. The lowest BCUT2D eigenvalue weighted by Gasteiger charge is -2.00. The first-order valence-corrected chi connectivity index (χ1v) is 6.05. The topological polar surface area (TPSA) is 61.8 Å². The van der Waals surface area contributed by atoms with Gasteiger partial charge < -0.3 is 10.1 Å². The van der Waals surface area contributed by atoms with Gasteiger partial charge >= 0.3 is 0 Å². The van der Waals surface area contributed by atoms with Crippen molar-refractivity contribution < 1.29 is 5.11 Å². The van der Waals surface area contributed by atoms with Gasteiger partial charge in [-0.1, -0.05) is 18.2 Å². The summed E-state index contributed by atoms with van der Waals surface area (Å²) < 4.78 is 0. The van der Waals surface area contributed by atoms with Crippen LogP contribution in [0.4, 0.5) is 0 Å². The Labute approximate surface area is 110 Å². The second kappa shape index (κ2) is 5.04. The van der Waals surface area contributed by atoms with Gasteiger partial charge in [0.25, 0.3) is 0 Å². The maximum atomic E-state index is 10.1. The van der Waals surface area contributed by atoms with Crippen LogP contribution < -0.4 is 0 Å². The molecule has 0 amide bonds. The molecule has 1 aromatic carbocycles. The van der Waals surface area contributed by atoms with Crippen LogP contribution in [0.25, 0.3) is 17.1 Å². The number of nitrogens with zero attached hydrogens (tertiary/aromatic N) is 2. The fraction of sp³-hybridized carbons (Fsp3) is 0.0667. The molecule has 2 aromatic heterocycles. The highest BCUT2D eigenvalue weighted by atomic mass is 16.3. The summed E-state index contributed by atoms with van der Waals surface area (Å²) in [5, 5.41) is 10.1. The Bertz CT molecular complexity index is 670. The number of hydrogen-bond acceptors (Lipinski definition) is 3. The molecule has 3 aromatic rings. The lowest BCUT2D eigenvalue weighted by atomic mass is 10.2. The van der Waals surface area contributed by atoms with E-state index in [0.717, 1.165) is 16.7 Å². The van der Waals surface area contributed by atoms with Crippen molar-refractivity contribution in [3.63, 3.8) is 0 Å². The van der Waals surface area contributed by atoms with Gasteiger partial charge in [0.05, 0.1) is 16.7 Å². The first kappa shape index (κ1) is 11.6. The highest BCUT2D eigenvalue weighted by Gasteiger charge is 2.08. The van der Waals surface area contributed by atoms with E-state index in [1.54, 1.807) is 18.3 Å².